The van der Waals surface area contributed by atoms with Crippen LogP contribution in [0.25, 0.3) is 10.8 Å². The van der Waals surface area contributed by atoms with Gasteiger partial charge in [-0.3, -0.25) is 9.59 Å². The van der Waals surface area contributed by atoms with Crippen molar-refractivity contribution in [3.05, 3.63) is 71.8 Å². The van der Waals surface area contributed by atoms with Crippen molar-refractivity contribution in [3.8, 4) is 0 Å². The molecule has 0 saturated carbocycles. The van der Waals surface area contributed by atoms with Crippen molar-refractivity contribution in [3.63, 3.8) is 0 Å². The molecule has 3 aromatic carbocycles. The second kappa shape index (κ2) is 6.64. The van der Waals surface area contributed by atoms with E-state index < -0.39 is 0 Å². The normalized spacial score (nSPS) is 12.9. The first-order valence-electron chi connectivity index (χ1n) is 8.89. The molecule has 0 bridgehead atoms. The van der Waals surface area contributed by atoms with Gasteiger partial charge in [0.05, 0.1) is 0 Å². The Kier molecular flexibility index (Phi) is 4.17. The van der Waals surface area contributed by atoms with Crippen LogP contribution in [-0.2, 0) is 11.2 Å². The summed E-state index contributed by atoms with van der Waals surface area (Å²) in [6.07, 6.45) is 1.28. The highest BCUT2D eigenvalue weighted by Gasteiger charge is 2.24. The van der Waals surface area contributed by atoms with Gasteiger partial charge in [-0.15, -0.1) is 0 Å². The van der Waals surface area contributed by atoms with Crippen molar-refractivity contribution < 1.29 is 9.59 Å². The first kappa shape index (κ1) is 16.3. The average Bonchev–Trinajstić information content (AvgIpc) is 3.10. The maximum atomic E-state index is 12.6. The van der Waals surface area contributed by atoms with Crippen LogP contribution in [0.5, 0.6) is 0 Å². The maximum absolute atomic E-state index is 12.6. The number of rotatable bonds is 3. The Bertz CT molecular complexity index is 1010. The van der Waals surface area contributed by atoms with Crippen molar-refractivity contribution >= 4 is 34.0 Å². The Morgan fingerprint density at radius 1 is 1.00 bits per heavy atom. The second-order valence-corrected chi connectivity index (χ2v) is 6.51. The van der Waals surface area contributed by atoms with Crippen LogP contribution >= 0.6 is 0 Å². The lowest BCUT2D eigenvalue weighted by molar-refractivity contribution is -0.118. The minimum Gasteiger partial charge on any atom is -0.322 e. The van der Waals surface area contributed by atoms with E-state index >= 15 is 0 Å². The minimum absolute atomic E-state index is 0.122. The Balaban J connectivity index is 1.56. The monoisotopic (exact) mass is 344 g/mol. The van der Waals surface area contributed by atoms with E-state index in [1.807, 2.05) is 61.5 Å². The molecular formula is C22H20N2O2. The van der Waals surface area contributed by atoms with E-state index in [0.717, 1.165) is 34.1 Å². The van der Waals surface area contributed by atoms with Crippen LogP contribution in [0.1, 0.15) is 29.3 Å². The van der Waals surface area contributed by atoms with Crippen LogP contribution in [0.15, 0.2) is 60.7 Å². The van der Waals surface area contributed by atoms with Gasteiger partial charge in [0, 0.05) is 29.9 Å². The number of carbonyl (C=O) groups is 2. The molecule has 0 radical (unpaired) electrons. The third kappa shape index (κ3) is 2.94. The number of benzene rings is 3. The fraction of sp³-hybridized carbons (Fsp3) is 0.182. The van der Waals surface area contributed by atoms with Gasteiger partial charge in [-0.25, -0.2) is 0 Å². The molecule has 0 saturated heterocycles. The highest BCUT2D eigenvalue weighted by Crippen LogP contribution is 2.29. The quantitative estimate of drug-likeness (QED) is 0.766. The summed E-state index contributed by atoms with van der Waals surface area (Å²) in [7, 11) is 0. The van der Waals surface area contributed by atoms with Gasteiger partial charge >= 0.3 is 0 Å². The summed E-state index contributed by atoms with van der Waals surface area (Å²) in [5, 5.41) is 5.20. The number of carbonyl (C=O) groups excluding carboxylic acids is 2. The summed E-state index contributed by atoms with van der Waals surface area (Å²) >= 11 is 0. The Morgan fingerprint density at radius 3 is 2.62 bits per heavy atom. The van der Waals surface area contributed by atoms with E-state index in [0.29, 0.717) is 18.5 Å². The molecule has 4 nitrogen and oxygen atoms in total. The van der Waals surface area contributed by atoms with Crippen molar-refractivity contribution in [1.82, 2.24) is 0 Å². The fourth-order valence-electron chi connectivity index (χ4n) is 3.46. The number of nitrogens with one attached hydrogen (secondary N) is 1. The van der Waals surface area contributed by atoms with E-state index in [-0.39, 0.29) is 11.8 Å². The van der Waals surface area contributed by atoms with E-state index in [9.17, 15) is 9.59 Å². The van der Waals surface area contributed by atoms with Gasteiger partial charge in [0.2, 0.25) is 5.91 Å². The summed E-state index contributed by atoms with van der Waals surface area (Å²) in [6, 6.07) is 19.5. The molecule has 0 aliphatic carbocycles. The molecule has 4 rings (SSSR count). The molecule has 26 heavy (non-hydrogen) atoms. The number of anilines is 2. The van der Waals surface area contributed by atoms with Crippen LogP contribution in [0.3, 0.4) is 0 Å². The van der Waals surface area contributed by atoms with E-state index in [4.69, 9.17) is 0 Å². The molecule has 1 aliphatic rings. The number of amides is 2. The van der Waals surface area contributed by atoms with Crippen molar-refractivity contribution in [1.29, 1.82) is 0 Å². The molecule has 2 amide bonds. The summed E-state index contributed by atoms with van der Waals surface area (Å²) in [5.41, 5.74) is 3.37. The van der Waals surface area contributed by atoms with Crippen molar-refractivity contribution in [2.24, 2.45) is 0 Å². The molecule has 1 heterocycles. The third-order valence-electron chi connectivity index (χ3n) is 4.85. The van der Waals surface area contributed by atoms with Crippen LogP contribution in [0.2, 0.25) is 0 Å². The van der Waals surface area contributed by atoms with Gasteiger partial charge in [0.15, 0.2) is 0 Å². The van der Waals surface area contributed by atoms with E-state index in [1.165, 1.54) is 0 Å². The van der Waals surface area contributed by atoms with Gasteiger partial charge in [-0.1, -0.05) is 37.3 Å². The molecule has 0 spiro atoms. The smallest absolute Gasteiger partial charge is 0.255 e. The zero-order valence-corrected chi connectivity index (χ0v) is 14.7. The van der Waals surface area contributed by atoms with Crippen LogP contribution in [0, 0.1) is 0 Å². The number of hydrogen-bond donors (Lipinski definition) is 1. The number of hydrogen-bond acceptors (Lipinski definition) is 2. The Hall–Kier alpha value is -3.14. The van der Waals surface area contributed by atoms with Crippen molar-refractivity contribution in [2.45, 2.75) is 19.8 Å². The van der Waals surface area contributed by atoms with Crippen LogP contribution in [-0.4, -0.2) is 18.4 Å². The summed E-state index contributed by atoms with van der Waals surface area (Å²) < 4.78 is 0. The van der Waals surface area contributed by atoms with Gasteiger partial charge in [0.25, 0.3) is 5.91 Å². The molecule has 0 aromatic heterocycles. The molecule has 0 unspecified atom stereocenters. The van der Waals surface area contributed by atoms with E-state index in [1.54, 1.807) is 11.0 Å². The first-order valence-corrected chi connectivity index (χ1v) is 8.89. The summed E-state index contributed by atoms with van der Waals surface area (Å²) in [5.74, 6) is -0.0135. The van der Waals surface area contributed by atoms with Crippen molar-refractivity contribution in [2.75, 3.05) is 16.8 Å². The zero-order chi connectivity index (χ0) is 18.1. The van der Waals surface area contributed by atoms with E-state index in [2.05, 4.69) is 5.32 Å². The first-order chi connectivity index (χ1) is 12.7. The van der Waals surface area contributed by atoms with Crippen LogP contribution in [0.4, 0.5) is 11.4 Å². The molecule has 1 N–H and O–H groups in total. The molecule has 4 heteroatoms. The lowest BCUT2D eigenvalue weighted by Crippen LogP contribution is -2.27. The van der Waals surface area contributed by atoms with Gasteiger partial charge in [0.1, 0.15) is 0 Å². The van der Waals surface area contributed by atoms with Gasteiger partial charge in [-0.05, 0) is 53.1 Å². The molecule has 130 valence electrons. The number of nitrogens with zero attached hydrogens (tertiary/aromatic N) is 1. The third-order valence-corrected chi connectivity index (χ3v) is 4.85. The average molecular weight is 344 g/mol. The highest BCUT2D eigenvalue weighted by atomic mass is 16.2. The Labute approximate surface area is 152 Å². The Morgan fingerprint density at radius 2 is 1.81 bits per heavy atom. The molecule has 0 atom stereocenters. The highest BCUT2D eigenvalue weighted by molar-refractivity contribution is 6.06. The SMILES string of the molecule is CCC(=O)N1CCc2cc(C(=O)Nc3ccc4ccccc4c3)ccc21. The maximum Gasteiger partial charge on any atom is 0.255 e. The largest absolute Gasteiger partial charge is 0.322 e. The summed E-state index contributed by atoms with van der Waals surface area (Å²) in [4.78, 5) is 26.4. The lowest BCUT2D eigenvalue weighted by Gasteiger charge is -2.16. The molecule has 1 aliphatic heterocycles. The zero-order valence-electron chi connectivity index (χ0n) is 14.7. The lowest BCUT2D eigenvalue weighted by atomic mass is 10.1. The number of fused-ring (bicyclic) bond motifs is 2. The standard InChI is InChI=1S/C22H20N2O2/c1-2-21(25)24-12-11-17-13-18(8-10-20(17)24)22(26)23-19-9-7-15-5-3-4-6-16(15)14-19/h3-10,13-14H,2,11-12H2,1H3,(H,23,26). The molecular weight excluding hydrogens is 324 g/mol. The van der Waals surface area contributed by atoms with Gasteiger partial charge in [-0.2, -0.15) is 0 Å². The van der Waals surface area contributed by atoms with Crippen LogP contribution < -0.4 is 10.2 Å². The predicted octanol–water partition coefficient (Wildman–Crippen LogP) is 4.39. The molecule has 3 aromatic rings. The topological polar surface area (TPSA) is 49.4 Å². The second-order valence-electron chi connectivity index (χ2n) is 6.51. The molecule has 0 fully saturated rings. The van der Waals surface area contributed by atoms with Gasteiger partial charge < -0.3 is 10.2 Å². The predicted molar refractivity (Wildman–Crippen MR) is 105 cm³/mol. The minimum atomic E-state index is -0.136. The fourth-order valence-corrected chi connectivity index (χ4v) is 3.46. The summed E-state index contributed by atoms with van der Waals surface area (Å²) in [6.45, 7) is 2.56.